The zero-order valence-electron chi connectivity index (χ0n) is 17.4. The van der Waals surface area contributed by atoms with Gasteiger partial charge in [-0.2, -0.15) is 14.4 Å². The minimum atomic E-state index is -1.21. The van der Waals surface area contributed by atoms with E-state index < -0.39 is 23.7 Å². The van der Waals surface area contributed by atoms with Crippen LogP contribution in [0, 0.1) is 11.7 Å². The number of carboxylic acid groups (broad SMARTS) is 1. The van der Waals surface area contributed by atoms with Gasteiger partial charge in [-0.25, -0.2) is 4.79 Å². The number of nitrogens with zero attached hydrogens (tertiary/aromatic N) is 4. The van der Waals surface area contributed by atoms with Gasteiger partial charge in [-0.1, -0.05) is 19.8 Å². The number of hydrazine groups is 1. The van der Waals surface area contributed by atoms with Crippen molar-refractivity contribution in [2.75, 3.05) is 43.6 Å². The van der Waals surface area contributed by atoms with Gasteiger partial charge in [0.25, 0.3) is 0 Å². The van der Waals surface area contributed by atoms with E-state index in [2.05, 4.69) is 31.0 Å². The summed E-state index contributed by atoms with van der Waals surface area (Å²) in [5.74, 6) is -1.97. The summed E-state index contributed by atoms with van der Waals surface area (Å²) in [6.07, 6.45) is 0.879. The normalized spacial score (nSPS) is 18.0. The molecule has 1 aromatic heterocycles. The van der Waals surface area contributed by atoms with Gasteiger partial charge < -0.3 is 20.2 Å². The van der Waals surface area contributed by atoms with Crippen LogP contribution < -0.4 is 21.1 Å². The molecular formula is C18H29ClFN7O3. The molecule has 2 heterocycles. The number of hydrogen-bond acceptors (Lipinski definition) is 7. The Labute approximate surface area is 180 Å². The highest BCUT2D eigenvalue weighted by molar-refractivity contribution is 6.28. The Kier molecular flexibility index (Phi) is 8.85. The minimum absolute atomic E-state index is 0.0205. The van der Waals surface area contributed by atoms with Crippen LogP contribution in [0.4, 0.5) is 20.8 Å². The number of piperazine rings is 1. The van der Waals surface area contributed by atoms with Gasteiger partial charge in [-0.05, 0) is 32.0 Å². The van der Waals surface area contributed by atoms with Gasteiger partial charge in [0.15, 0.2) is 11.6 Å². The number of carbonyl (C=O) groups is 2. The summed E-state index contributed by atoms with van der Waals surface area (Å²) in [5, 5.41) is 10.9. The molecule has 0 unspecified atom stereocenters. The minimum Gasteiger partial charge on any atom is -0.465 e. The Morgan fingerprint density at radius 3 is 2.73 bits per heavy atom. The summed E-state index contributed by atoms with van der Waals surface area (Å²) < 4.78 is 15.1. The van der Waals surface area contributed by atoms with Gasteiger partial charge in [-0.3, -0.25) is 15.6 Å². The Balaban J connectivity index is 2.10. The van der Waals surface area contributed by atoms with Crippen molar-refractivity contribution in [2.45, 2.75) is 39.2 Å². The number of amides is 2. The largest absolute Gasteiger partial charge is 0.465 e. The number of aromatic nitrogens is 2. The number of carbonyl (C=O) groups excluding carboxylic acids is 1. The molecule has 2 atom stereocenters. The average Bonchev–Trinajstić information content (AvgIpc) is 2.68. The van der Waals surface area contributed by atoms with Gasteiger partial charge >= 0.3 is 6.09 Å². The van der Waals surface area contributed by atoms with E-state index >= 15 is 4.39 Å². The van der Waals surface area contributed by atoms with E-state index in [0.29, 0.717) is 13.0 Å². The first kappa shape index (κ1) is 23.9. The molecule has 30 heavy (non-hydrogen) atoms. The predicted molar refractivity (Wildman–Crippen MR) is 112 cm³/mol. The summed E-state index contributed by atoms with van der Waals surface area (Å²) >= 11 is 5.99. The fourth-order valence-electron chi connectivity index (χ4n) is 3.35. The molecule has 2 rings (SSSR count). The molecule has 4 N–H and O–H groups in total. The number of anilines is 2. The number of nitrogens with one attached hydrogen (secondary N) is 3. The number of hydrogen-bond donors (Lipinski definition) is 4. The fraction of sp³-hybridized carbons (Fsp3) is 0.667. The first-order valence-corrected chi connectivity index (χ1v) is 10.3. The second-order valence-corrected chi connectivity index (χ2v) is 7.76. The number of rotatable bonds is 9. The zero-order valence-corrected chi connectivity index (χ0v) is 18.2. The molecule has 0 aromatic carbocycles. The molecule has 12 heteroatoms. The van der Waals surface area contributed by atoms with Crippen LogP contribution in [0.1, 0.15) is 33.1 Å². The van der Waals surface area contributed by atoms with Crippen LogP contribution in [0.2, 0.25) is 5.28 Å². The van der Waals surface area contributed by atoms with E-state index in [1.807, 2.05) is 25.8 Å². The number of halogens is 2. The van der Waals surface area contributed by atoms with E-state index in [1.165, 1.54) is 0 Å². The topological polar surface area (TPSA) is 123 Å². The summed E-state index contributed by atoms with van der Waals surface area (Å²) in [5.41, 5.74) is 4.89. The van der Waals surface area contributed by atoms with Crippen LogP contribution >= 0.6 is 11.6 Å². The molecule has 1 fully saturated rings. The zero-order chi connectivity index (χ0) is 22.3. The van der Waals surface area contributed by atoms with Gasteiger partial charge in [0, 0.05) is 32.2 Å². The van der Waals surface area contributed by atoms with Gasteiger partial charge in [0.2, 0.25) is 17.0 Å². The van der Waals surface area contributed by atoms with Crippen molar-refractivity contribution in [3.8, 4) is 0 Å². The molecule has 1 aliphatic heterocycles. The summed E-state index contributed by atoms with van der Waals surface area (Å²) in [6, 6.07) is 0.0205. The van der Waals surface area contributed by atoms with Crippen LogP contribution in [0.5, 0.6) is 0 Å². The standard InChI is InChI=1S/C18H29ClFN7O3/c1-4-5-6-12(9-21-18(29)30)16(28)25-24-14-13(20)15(23-17(19)22-14)27-8-7-26(3)10-11(27)2/h11-12,21H,4-10H2,1-3H3,(H,25,28)(H,29,30)(H,22,23,24)/t11-,12-/m1/s1. The Morgan fingerprint density at radius 1 is 1.37 bits per heavy atom. The van der Waals surface area contributed by atoms with Crippen LogP contribution in [0.15, 0.2) is 0 Å². The highest BCUT2D eigenvalue weighted by Crippen LogP contribution is 2.27. The van der Waals surface area contributed by atoms with Crippen molar-refractivity contribution < 1.29 is 19.1 Å². The lowest BCUT2D eigenvalue weighted by molar-refractivity contribution is -0.124. The molecule has 1 aliphatic rings. The lowest BCUT2D eigenvalue weighted by atomic mass is 10.0. The SMILES string of the molecule is CCCC[C@H](CNC(=O)O)C(=O)NNc1nc(Cl)nc(N2CCN(C)C[C@H]2C)c1F. The third-order valence-corrected chi connectivity index (χ3v) is 5.16. The van der Waals surface area contributed by atoms with E-state index in [4.69, 9.17) is 16.7 Å². The molecule has 0 bridgehead atoms. The molecule has 0 radical (unpaired) electrons. The van der Waals surface area contributed by atoms with Gasteiger partial charge in [0.1, 0.15) is 0 Å². The van der Waals surface area contributed by atoms with E-state index in [9.17, 15) is 9.59 Å². The summed E-state index contributed by atoms with van der Waals surface area (Å²) in [6.45, 7) is 5.97. The van der Waals surface area contributed by atoms with Crippen LogP contribution in [-0.4, -0.2) is 71.2 Å². The van der Waals surface area contributed by atoms with Crippen LogP contribution in [0.3, 0.4) is 0 Å². The first-order chi connectivity index (χ1) is 14.2. The number of likely N-dealkylation sites (N-methyl/N-ethyl adjacent to an activating group) is 1. The van der Waals surface area contributed by atoms with E-state index in [0.717, 1.165) is 25.9 Å². The molecular weight excluding hydrogens is 417 g/mol. The number of unbranched alkanes of at least 4 members (excludes halogenated alkanes) is 1. The molecule has 168 valence electrons. The molecule has 1 aromatic rings. The molecule has 1 saturated heterocycles. The maximum atomic E-state index is 15.1. The maximum absolute atomic E-state index is 15.1. The average molecular weight is 446 g/mol. The first-order valence-electron chi connectivity index (χ1n) is 9.93. The Hall–Kier alpha value is -2.40. The summed E-state index contributed by atoms with van der Waals surface area (Å²) in [7, 11) is 1.99. The van der Waals surface area contributed by atoms with Crippen molar-refractivity contribution in [3.05, 3.63) is 11.1 Å². The smallest absolute Gasteiger partial charge is 0.404 e. The predicted octanol–water partition coefficient (Wildman–Crippen LogP) is 1.93. The third-order valence-electron chi connectivity index (χ3n) is 4.99. The van der Waals surface area contributed by atoms with E-state index in [1.54, 1.807) is 0 Å². The second kappa shape index (κ2) is 11.1. The maximum Gasteiger partial charge on any atom is 0.404 e. The third kappa shape index (κ3) is 6.56. The van der Waals surface area contributed by atoms with Crippen molar-refractivity contribution in [2.24, 2.45) is 5.92 Å². The van der Waals surface area contributed by atoms with E-state index in [-0.39, 0.29) is 29.5 Å². The van der Waals surface area contributed by atoms with Crippen molar-refractivity contribution >= 4 is 35.2 Å². The van der Waals surface area contributed by atoms with Crippen molar-refractivity contribution in [3.63, 3.8) is 0 Å². The molecule has 0 aliphatic carbocycles. The lowest BCUT2D eigenvalue weighted by Crippen LogP contribution is -2.51. The van der Waals surface area contributed by atoms with Crippen molar-refractivity contribution in [1.29, 1.82) is 0 Å². The second-order valence-electron chi connectivity index (χ2n) is 7.42. The summed E-state index contributed by atoms with van der Waals surface area (Å²) in [4.78, 5) is 35.1. The monoisotopic (exact) mass is 445 g/mol. The Bertz CT molecular complexity index is 755. The highest BCUT2D eigenvalue weighted by Gasteiger charge is 2.28. The fourth-order valence-corrected chi connectivity index (χ4v) is 3.51. The highest BCUT2D eigenvalue weighted by atomic mass is 35.5. The van der Waals surface area contributed by atoms with Gasteiger partial charge in [-0.15, -0.1) is 0 Å². The van der Waals surface area contributed by atoms with Crippen LogP contribution in [0.25, 0.3) is 0 Å². The quantitative estimate of drug-likeness (QED) is 0.336. The van der Waals surface area contributed by atoms with Gasteiger partial charge in [0.05, 0.1) is 5.92 Å². The molecule has 0 saturated carbocycles. The molecule has 10 nitrogen and oxygen atoms in total. The molecule has 0 spiro atoms. The Morgan fingerprint density at radius 2 is 2.10 bits per heavy atom. The molecule has 2 amide bonds. The van der Waals surface area contributed by atoms with Crippen LogP contribution in [-0.2, 0) is 4.79 Å². The van der Waals surface area contributed by atoms with Crippen molar-refractivity contribution in [1.82, 2.24) is 25.6 Å². The lowest BCUT2D eigenvalue weighted by Gasteiger charge is -2.39.